The largest absolute Gasteiger partial charge is 0.488 e. The van der Waals surface area contributed by atoms with Gasteiger partial charge in [0, 0.05) is 11.6 Å². The molecule has 1 fully saturated rings. The molecule has 2 N–H and O–H groups in total. The summed E-state index contributed by atoms with van der Waals surface area (Å²) in [6.07, 6.45) is 8.24. The standard InChI is InChI=1S/C14H22N2O/c1-11-7-8-13(10-16-11)17-14-6-4-2-3-5-12(14)9-15/h7-8,10,12,14H,2-6,9,15H2,1H3. The first kappa shape index (κ1) is 12.4. The molecule has 1 aliphatic rings. The van der Waals surface area contributed by atoms with E-state index in [2.05, 4.69) is 4.98 Å². The van der Waals surface area contributed by atoms with Crippen LogP contribution in [0.1, 0.15) is 37.8 Å². The van der Waals surface area contributed by atoms with Crippen LogP contribution in [0, 0.1) is 12.8 Å². The van der Waals surface area contributed by atoms with E-state index < -0.39 is 0 Å². The molecule has 2 atom stereocenters. The maximum Gasteiger partial charge on any atom is 0.138 e. The van der Waals surface area contributed by atoms with Gasteiger partial charge in [0.2, 0.25) is 0 Å². The zero-order valence-electron chi connectivity index (χ0n) is 10.6. The Morgan fingerprint density at radius 2 is 2.12 bits per heavy atom. The van der Waals surface area contributed by atoms with E-state index in [-0.39, 0.29) is 6.10 Å². The lowest BCUT2D eigenvalue weighted by Gasteiger charge is -2.24. The third-order valence-electron chi connectivity index (χ3n) is 3.56. The van der Waals surface area contributed by atoms with Crippen LogP contribution < -0.4 is 10.5 Å². The van der Waals surface area contributed by atoms with Crippen LogP contribution in [0.3, 0.4) is 0 Å². The Morgan fingerprint density at radius 3 is 2.82 bits per heavy atom. The van der Waals surface area contributed by atoms with Crippen LogP contribution in [0.15, 0.2) is 18.3 Å². The molecule has 2 unspecified atom stereocenters. The van der Waals surface area contributed by atoms with E-state index in [4.69, 9.17) is 10.5 Å². The summed E-state index contributed by atoms with van der Waals surface area (Å²) < 4.78 is 6.05. The van der Waals surface area contributed by atoms with E-state index in [9.17, 15) is 0 Å². The summed E-state index contributed by atoms with van der Waals surface area (Å²) in [6.45, 7) is 2.71. The van der Waals surface area contributed by atoms with Gasteiger partial charge in [-0.05, 0) is 44.9 Å². The quantitative estimate of drug-likeness (QED) is 0.818. The first-order valence-electron chi connectivity index (χ1n) is 6.59. The number of aryl methyl sites for hydroxylation is 1. The molecule has 0 radical (unpaired) electrons. The maximum absolute atomic E-state index is 6.05. The summed E-state index contributed by atoms with van der Waals surface area (Å²) in [5, 5.41) is 0. The topological polar surface area (TPSA) is 48.1 Å². The van der Waals surface area contributed by atoms with Gasteiger partial charge in [-0.1, -0.05) is 12.8 Å². The lowest BCUT2D eigenvalue weighted by atomic mass is 9.97. The van der Waals surface area contributed by atoms with E-state index in [1.54, 1.807) is 0 Å². The summed E-state index contributed by atoms with van der Waals surface area (Å²) in [4.78, 5) is 4.26. The fourth-order valence-corrected chi connectivity index (χ4v) is 2.47. The zero-order chi connectivity index (χ0) is 12.1. The SMILES string of the molecule is Cc1ccc(OC2CCCCCC2CN)cn1. The Morgan fingerprint density at radius 1 is 1.29 bits per heavy atom. The summed E-state index contributed by atoms with van der Waals surface area (Å²) in [6, 6.07) is 3.99. The predicted octanol–water partition coefficient (Wildman–Crippen LogP) is 2.68. The van der Waals surface area contributed by atoms with Gasteiger partial charge in [0.15, 0.2) is 0 Å². The van der Waals surface area contributed by atoms with Gasteiger partial charge in [-0.25, -0.2) is 0 Å². The third-order valence-corrected chi connectivity index (χ3v) is 3.56. The minimum absolute atomic E-state index is 0.270. The molecule has 1 aromatic heterocycles. The van der Waals surface area contributed by atoms with Gasteiger partial charge >= 0.3 is 0 Å². The van der Waals surface area contributed by atoms with Crippen molar-refractivity contribution in [1.29, 1.82) is 0 Å². The molecule has 1 aliphatic carbocycles. The van der Waals surface area contributed by atoms with Gasteiger partial charge in [-0.2, -0.15) is 0 Å². The number of nitrogens with zero attached hydrogens (tertiary/aromatic N) is 1. The molecule has 3 nitrogen and oxygen atoms in total. The summed E-state index contributed by atoms with van der Waals surface area (Å²) in [5.74, 6) is 1.37. The molecule has 94 valence electrons. The van der Waals surface area contributed by atoms with Gasteiger partial charge < -0.3 is 10.5 Å². The number of hydrogen-bond donors (Lipinski definition) is 1. The number of hydrogen-bond acceptors (Lipinski definition) is 3. The Kier molecular flexibility index (Phi) is 4.37. The smallest absolute Gasteiger partial charge is 0.138 e. The molecule has 1 heterocycles. The van der Waals surface area contributed by atoms with Crippen molar-refractivity contribution in [1.82, 2.24) is 4.98 Å². The average molecular weight is 234 g/mol. The fourth-order valence-electron chi connectivity index (χ4n) is 2.47. The minimum Gasteiger partial charge on any atom is -0.488 e. The Hall–Kier alpha value is -1.09. The highest BCUT2D eigenvalue weighted by Gasteiger charge is 2.24. The predicted molar refractivity (Wildman–Crippen MR) is 69.0 cm³/mol. The molecule has 17 heavy (non-hydrogen) atoms. The van der Waals surface area contributed by atoms with Crippen molar-refractivity contribution in [3.63, 3.8) is 0 Å². The van der Waals surface area contributed by atoms with Crippen LogP contribution >= 0.6 is 0 Å². The van der Waals surface area contributed by atoms with Gasteiger partial charge in [0.25, 0.3) is 0 Å². The van der Waals surface area contributed by atoms with Crippen molar-refractivity contribution in [2.24, 2.45) is 11.7 Å². The Balaban J connectivity index is 2.01. The van der Waals surface area contributed by atoms with E-state index in [0.717, 1.165) is 24.4 Å². The second kappa shape index (κ2) is 6.01. The molecule has 1 aromatic rings. The van der Waals surface area contributed by atoms with Crippen LogP contribution in [-0.4, -0.2) is 17.6 Å². The summed E-state index contributed by atoms with van der Waals surface area (Å²) in [7, 11) is 0. The molecule has 0 aliphatic heterocycles. The normalized spacial score (nSPS) is 25.3. The van der Waals surface area contributed by atoms with Gasteiger partial charge in [-0.15, -0.1) is 0 Å². The van der Waals surface area contributed by atoms with Crippen LogP contribution in [0.25, 0.3) is 0 Å². The second-order valence-corrected chi connectivity index (χ2v) is 4.93. The Labute approximate surface area is 103 Å². The number of pyridine rings is 1. The van der Waals surface area contributed by atoms with Crippen molar-refractivity contribution in [2.45, 2.75) is 45.1 Å². The van der Waals surface area contributed by atoms with Crippen molar-refractivity contribution < 1.29 is 4.74 Å². The lowest BCUT2D eigenvalue weighted by molar-refractivity contribution is 0.129. The minimum atomic E-state index is 0.270. The van der Waals surface area contributed by atoms with E-state index in [1.807, 2.05) is 25.3 Å². The van der Waals surface area contributed by atoms with Crippen molar-refractivity contribution in [2.75, 3.05) is 6.54 Å². The lowest BCUT2D eigenvalue weighted by Crippen LogP contribution is -2.31. The van der Waals surface area contributed by atoms with E-state index in [0.29, 0.717) is 5.92 Å². The van der Waals surface area contributed by atoms with Crippen molar-refractivity contribution in [3.8, 4) is 5.75 Å². The van der Waals surface area contributed by atoms with E-state index in [1.165, 1.54) is 25.7 Å². The number of rotatable bonds is 3. The fraction of sp³-hybridized carbons (Fsp3) is 0.643. The zero-order valence-corrected chi connectivity index (χ0v) is 10.6. The van der Waals surface area contributed by atoms with Gasteiger partial charge in [-0.3, -0.25) is 4.98 Å². The maximum atomic E-state index is 6.05. The molecule has 0 aromatic carbocycles. The number of ether oxygens (including phenoxy) is 1. The molecule has 0 amide bonds. The van der Waals surface area contributed by atoms with Gasteiger partial charge in [0.1, 0.15) is 11.9 Å². The molecular weight excluding hydrogens is 212 g/mol. The van der Waals surface area contributed by atoms with Gasteiger partial charge in [0.05, 0.1) is 6.20 Å². The first-order valence-corrected chi connectivity index (χ1v) is 6.59. The van der Waals surface area contributed by atoms with Crippen LogP contribution in [0.4, 0.5) is 0 Å². The number of aromatic nitrogens is 1. The average Bonchev–Trinajstić information content (AvgIpc) is 2.57. The molecule has 1 saturated carbocycles. The highest BCUT2D eigenvalue weighted by molar-refractivity contribution is 5.19. The Bertz CT molecular complexity index is 337. The molecule has 0 saturated heterocycles. The van der Waals surface area contributed by atoms with Crippen LogP contribution in [0.2, 0.25) is 0 Å². The molecule has 3 heteroatoms. The molecular formula is C14H22N2O. The summed E-state index contributed by atoms with van der Waals surface area (Å²) >= 11 is 0. The first-order chi connectivity index (χ1) is 8.29. The second-order valence-electron chi connectivity index (χ2n) is 4.93. The highest BCUT2D eigenvalue weighted by atomic mass is 16.5. The van der Waals surface area contributed by atoms with Crippen LogP contribution in [-0.2, 0) is 0 Å². The van der Waals surface area contributed by atoms with E-state index >= 15 is 0 Å². The summed E-state index contributed by atoms with van der Waals surface area (Å²) in [5.41, 5.74) is 6.87. The molecule has 0 bridgehead atoms. The number of nitrogens with two attached hydrogens (primary N) is 1. The van der Waals surface area contributed by atoms with Crippen molar-refractivity contribution >= 4 is 0 Å². The van der Waals surface area contributed by atoms with Crippen LogP contribution in [0.5, 0.6) is 5.75 Å². The molecule has 0 spiro atoms. The molecule has 2 rings (SSSR count). The highest BCUT2D eigenvalue weighted by Crippen LogP contribution is 2.26. The van der Waals surface area contributed by atoms with Crippen molar-refractivity contribution in [3.05, 3.63) is 24.0 Å². The monoisotopic (exact) mass is 234 g/mol. The third kappa shape index (κ3) is 3.43.